The molecular weight excluding hydrogens is 206 g/mol. The molecule has 1 atom stereocenters. The first-order chi connectivity index (χ1) is 7.42. The molecule has 0 fully saturated rings. The largest absolute Gasteiger partial charge is 0.481 e. The molecule has 0 bridgehead atoms. The van der Waals surface area contributed by atoms with Crippen LogP contribution in [0.1, 0.15) is 19.4 Å². The molecular formula is C11H19N3O2. The Balaban J connectivity index is 2.99. The normalized spacial score (nSPS) is 15.1. The van der Waals surface area contributed by atoms with E-state index in [4.69, 9.17) is 5.73 Å². The number of aliphatic carboxylic acids is 1. The fourth-order valence-corrected chi connectivity index (χ4v) is 1.85. The summed E-state index contributed by atoms with van der Waals surface area (Å²) < 4.78 is 1.67. The number of carboxylic acids is 1. The van der Waals surface area contributed by atoms with Crippen LogP contribution >= 0.6 is 0 Å². The summed E-state index contributed by atoms with van der Waals surface area (Å²) in [6, 6.07) is 0. The average molecular weight is 225 g/mol. The molecule has 1 heterocycles. The minimum atomic E-state index is -0.900. The number of hydrogen-bond donors (Lipinski definition) is 2. The Morgan fingerprint density at radius 2 is 2.31 bits per heavy atom. The lowest BCUT2D eigenvalue weighted by Crippen LogP contribution is -2.44. The van der Waals surface area contributed by atoms with Crippen molar-refractivity contribution < 1.29 is 9.90 Å². The number of carbonyl (C=O) groups is 1. The second-order valence-electron chi connectivity index (χ2n) is 4.52. The number of nitrogens with two attached hydrogens (primary N) is 1. The smallest absolute Gasteiger partial charge is 0.311 e. The number of rotatable bonds is 5. The fourth-order valence-electron chi connectivity index (χ4n) is 1.85. The second-order valence-corrected chi connectivity index (χ2v) is 4.52. The van der Waals surface area contributed by atoms with Crippen molar-refractivity contribution in [1.82, 2.24) is 9.78 Å². The highest BCUT2D eigenvalue weighted by atomic mass is 16.4. The summed E-state index contributed by atoms with van der Waals surface area (Å²) in [4.78, 5) is 11.4. The molecule has 0 aliphatic carbocycles. The average Bonchev–Trinajstić information content (AvgIpc) is 2.59. The van der Waals surface area contributed by atoms with Crippen molar-refractivity contribution >= 4 is 5.97 Å². The molecule has 0 saturated carbocycles. The van der Waals surface area contributed by atoms with Crippen LogP contribution in [0.3, 0.4) is 0 Å². The first-order valence-electron chi connectivity index (χ1n) is 5.33. The standard InChI is InChI=1S/C11H19N3O2/c1-8(2)11(7-12,10(15)16)4-9-5-13-14(3)6-9/h5-6,8H,4,7,12H2,1-3H3,(H,15,16). The Morgan fingerprint density at radius 3 is 2.62 bits per heavy atom. The quantitative estimate of drug-likeness (QED) is 0.771. The number of aryl methyl sites for hydroxylation is 1. The lowest BCUT2D eigenvalue weighted by Gasteiger charge is -2.31. The zero-order valence-electron chi connectivity index (χ0n) is 9.97. The van der Waals surface area contributed by atoms with Gasteiger partial charge in [-0.05, 0) is 17.9 Å². The van der Waals surface area contributed by atoms with E-state index in [9.17, 15) is 9.90 Å². The van der Waals surface area contributed by atoms with E-state index in [0.717, 1.165) is 5.56 Å². The lowest BCUT2D eigenvalue weighted by atomic mass is 9.73. The topological polar surface area (TPSA) is 81.1 Å². The van der Waals surface area contributed by atoms with E-state index in [1.165, 1.54) is 0 Å². The van der Waals surface area contributed by atoms with Gasteiger partial charge in [0, 0.05) is 19.8 Å². The van der Waals surface area contributed by atoms with E-state index in [2.05, 4.69) is 5.10 Å². The highest BCUT2D eigenvalue weighted by Crippen LogP contribution is 2.31. The molecule has 3 N–H and O–H groups in total. The zero-order valence-corrected chi connectivity index (χ0v) is 9.97. The van der Waals surface area contributed by atoms with Gasteiger partial charge in [0.2, 0.25) is 0 Å². The third kappa shape index (κ3) is 2.24. The van der Waals surface area contributed by atoms with E-state index in [1.54, 1.807) is 10.9 Å². The van der Waals surface area contributed by atoms with Gasteiger partial charge in [-0.15, -0.1) is 0 Å². The van der Waals surface area contributed by atoms with Gasteiger partial charge in [-0.25, -0.2) is 0 Å². The summed E-state index contributed by atoms with van der Waals surface area (Å²) >= 11 is 0. The van der Waals surface area contributed by atoms with Crippen LogP contribution < -0.4 is 5.73 Å². The van der Waals surface area contributed by atoms with Gasteiger partial charge in [0.25, 0.3) is 0 Å². The summed E-state index contributed by atoms with van der Waals surface area (Å²) in [6.45, 7) is 3.91. The van der Waals surface area contributed by atoms with Crippen molar-refractivity contribution in [3.05, 3.63) is 18.0 Å². The van der Waals surface area contributed by atoms with Gasteiger partial charge in [0.15, 0.2) is 0 Å². The number of aromatic nitrogens is 2. The van der Waals surface area contributed by atoms with Gasteiger partial charge < -0.3 is 10.8 Å². The molecule has 0 amide bonds. The summed E-state index contributed by atoms with van der Waals surface area (Å²) in [5.41, 5.74) is 5.66. The Bertz CT molecular complexity index is 373. The van der Waals surface area contributed by atoms with Gasteiger partial charge >= 0.3 is 5.97 Å². The molecule has 5 heteroatoms. The van der Waals surface area contributed by atoms with Gasteiger partial charge in [-0.1, -0.05) is 13.8 Å². The molecule has 0 aromatic carbocycles. The predicted octanol–water partition coefficient (Wildman–Crippen LogP) is 0.648. The molecule has 1 aromatic rings. The third-order valence-corrected chi connectivity index (χ3v) is 3.17. The molecule has 90 valence electrons. The van der Waals surface area contributed by atoms with E-state index >= 15 is 0 Å². The Labute approximate surface area is 95.3 Å². The molecule has 0 radical (unpaired) electrons. The second kappa shape index (κ2) is 4.65. The molecule has 1 aromatic heterocycles. The van der Waals surface area contributed by atoms with Crippen LogP contribution in [-0.2, 0) is 18.3 Å². The van der Waals surface area contributed by atoms with Crippen molar-refractivity contribution in [2.24, 2.45) is 24.1 Å². The van der Waals surface area contributed by atoms with Crippen molar-refractivity contribution in [3.63, 3.8) is 0 Å². The summed E-state index contributed by atoms with van der Waals surface area (Å²) in [6.07, 6.45) is 3.94. The Hall–Kier alpha value is -1.36. The van der Waals surface area contributed by atoms with Crippen LogP contribution in [0.15, 0.2) is 12.4 Å². The van der Waals surface area contributed by atoms with Gasteiger partial charge in [0.1, 0.15) is 0 Å². The maximum Gasteiger partial charge on any atom is 0.311 e. The summed E-state index contributed by atoms with van der Waals surface area (Å²) in [5.74, 6) is -0.857. The van der Waals surface area contributed by atoms with Crippen LogP contribution in [0.5, 0.6) is 0 Å². The monoisotopic (exact) mass is 225 g/mol. The molecule has 5 nitrogen and oxygen atoms in total. The van der Waals surface area contributed by atoms with Crippen LogP contribution in [0.25, 0.3) is 0 Å². The van der Waals surface area contributed by atoms with Gasteiger partial charge in [-0.2, -0.15) is 5.10 Å². The SMILES string of the molecule is CC(C)C(CN)(Cc1cnn(C)c1)C(=O)O. The molecule has 0 aliphatic heterocycles. The Morgan fingerprint density at radius 1 is 1.69 bits per heavy atom. The third-order valence-electron chi connectivity index (χ3n) is 3.17. The summed E-state index contributed by atoms with van der Waals surface area (Å²) in [7, 11) is 1.81. The molecule has 1 unspecified atom stereocenters. The molecule has 0 aliphatic rings. The predicted molar refractivity (Wildman–Crippen MR) is 60.9 cm³/mol. The van der Waals surface area contributed by atoms with Crippen LogP contribution in [-0.4, -0.2) is 27.4 Å². The van der Waals surface area contributed by atoms with Crippen molar-refractivity contribution in [1.29, 1.82) is 0 Å². The molecule has 1 rings (SSSR count). The number of nitrogens with zero attached hydrogens (tertiary/aromatic N) is 2. The van der Waals surface area contributed by atoms with E-state index in [1.807, 2.05) is 27.1 Å². The van der Waals surface area contributed by atoms with Crippen molar-refractivity contribution in [3.8, 4) is 0 Å². The highest BCUT2D eigenvalue weighted by Gasteiger charge is 2.40. The maximum atomic E-state index is 11.4. The van der Waals surface area contributed by atoms with Gasteiger partial charge in [-0.3, -0.25) is 9.48 Å². The van der Waals surface area contributed by atoms with Gasteiger partial charge in [0.05, 0.1) is 11.6 Å². The van der Waals surface area contributed by atoms with Crippen LogP contribution in [0.4, 0.5) is 0 Å². The first-order valence-corrected chi connectivity index (χ1v) is 5.33. The van der Waals surface area contributed by atoms with Crippen molar-refractivity contribution in [2.75, 3.05) is 6.54 Å². The minimum absolute atomic E-state index is 0.0183. The van der Waals surface area contributed by atoms with Crippen LogP contribution in [0.2, 0.25) is 0 Å². The fraction of sp³-hybridized carbons (Fsp3) is 0.636. The highest BCUT2D eigenvalue weighted by molar-refractivity contribution is 5.75. The van der Waals surface area contributed by atoms with E-state index < -0.39 is 11.4 Å². The first kappa shape index (κ1) is 12.7. The molecule has 16 heavy (non-hydrogen) atoms. The van der Waals surface area contributed by atoms with Crippen LogP contribution in [0, 0.1) is 11.3 Å². The maximum absolute atomic E-state index is 11.4. The number of hydrogen-bond acceptors (Lipinski definition) is 3. The minimum Gasteiger partial charge on any atom is -0.481 e. The molecule has 0 saturated heterocycles. The van der Waals surface area contributed by atoms with E-state index in [-0.39, 0.29) is 12.5 Å². The van der Waals surface area contributed by atoms with Crippen molar-refractivity contribution in [2.45, 2.75) is 20.3 Å². The zero-order chi connectivity index (χ0) is 12.3. The Kier molecular flexibility index (Phi) is 3.70. The van der Waals surface area contributed by atoms with E-state index in [0.29, 0.717) is 6.42 Å². The summed E-state index contributed by atoms with van der Waals surface area (Å²) in [5, 5.41) is 13.4. The lowest BCUT2D eigenvalue weighted by molar-refractivity contribution is -0.151. The molecule has 0 spiro atoms. The number of carboxylic acid groups (broad SMARTS) is 1.